The van der Waals surface area contributed by atoms with Crippen molar-refractivity contribution in [3.63, 3.8) is 0 Å². The topological polar surface area (TPSA) is 95.0 Å². The van der Waals surface area contributed by atoms with Crippen molar-refractivity contribution in [1.29, 1.82) is 0 Å². The molecule has 2 aliphatic heterocycles. The Morgan fingerprint density at radius 2 is 1.36 bits per heavy atom. The number of aromatic hydroxyl groups is 1. The van der Waals surface area contributed by atoms with E-state index in [2.05, 4.69) is 15.9 Å². The summed E-state index contributed by atoms with van der Waals surface area (Å²) in [5.41, 5.74) is 0.113. The highest BCUT2D eigenvalue weighted by Crippen LogP contribution is 2.59. The van der Waals surface area contributed by atoms with Gasteiger partial charge in [0.05, 0.1) is 23.7 Å². The zero-order valence-corrected chi connectivity index (χ0v) is 23.1. The highest BCUT2D eigenvalue weighted by atomic mass is 79.9. The summed E-state index contributed by atoms with van der Waals surface area (Å²) in [7, 11) is 0. The van der Waals surface area contributed by atoms with Gasteiger partial charge in [-0.3, -0.25) is 29.0 Å². The number of rotatable bonds is 1. The lowest BCUT2D eigenvalue weighted by Crippen LogP contribution is -2.47. The van der Waals surface area contributed by atoms with Gasteiger partial charge in [0.15, 0.2) is 0 Å². The molecular formula is C28H33BrN2O5. The predicted octanol–water partition coefficient (Wildman–Crippen LogP) is 4.39. The molecule has 36 heavy (non-hydrogen) atoms. The van der Waals surface area contributed by atoms with Gasteiger partial charge in [-0.25, -0.2) is 0 Å². The van der Waals surface area contributed by atoms with E-state index in [0.29, 0.717) is 18.4 Å². The maximum Gasteiger partial charge on any atom is 0.234 e. The third-order valence-corrected chi connectivity index (χ3v) is 8.81. The van der Waals surface area contributed by atoms with Crippen molar-refractivity contribution in [2.75, 3.05) is 0 Å². The zero-order valence-electron chi connectivity index (χ0n) is 21.5. The number of carbonyl (C=O) groups excluding carboxylic acids is 4. The Bertz CT molecular complexity index is 1220. The lowest BCUT2D eigenvalue weighted by Gasteiger charge is -2.44. The lowest BCUT2D eigenvalue weighted by atomic mass is 9.57. The number of fused-ring (bicyclic) bond motifs is 4. The summed E-state index contributed by atoms with van der Waals surface area (Å²) in [4.78, 5) is 57.4. The van der Waals surface area contributed by atoms with Crippen LogP contribution in [-0.2, 0) is 19.2 Å². The van der Waals surface area contributed by atoms with E-state index in [1.54, 1.807) is 18.2 Å². The molecule has 2 aliphatic carbocycles. The normalized spacial score (nSPS) is 32.5. The van der Waals surface area contributed by atoms with Crippen LogP contribution < -0.4 is 0 Å². The van der Waals surface area contributed by atoms with Crippen molar-refractivity contribution in [2.45, 2.75) is 71.4 Å². The molecule has 3 fully saturated rings. The molecule has 7 nitrogen and oxygen atoms in total. The average molecular weight is 557 g/mol. The standard InChI is InChI=1S/C28H33BrN2O5/c1-27(2,3)30-23(33)15-9-8-14-16(21(15)25(30)35)12-18-22(26(36)31(24(18)34)28(4,5)6)20(14)17-11-13(29)7-10-19(17)32/h7-8,10-11,15-16,18,20-22,32H,9,12H2,1-6H3/t15-,16+,18+,20+,21-,22+/m0/s1. The highest BCUT2D eigenvalue weighted by molar-refractivity contribution is 9.10. The first kappa shape index (κ1) is 25.2. The van der Waals surface area contributed by atoms with Gasteiger partial charge in [-0.1, -0.05) is 27.6 Å². The van der Waals surface area contributed by atoms with Gasteiger partial charge in [-0.05, 0) is 78.5 Å². The summed E-state index contributed by atoms with van der Waals surface area (Å²) >= 11 is 3.49. The number of nitrogens with zero attached hydrogens (tertiary/aromatic N) is 2. The second-order valence-electron chi connectivity index (χ2n) is 12.6. The van der Waals surface area contributed by atoms with Crippen LogP contribution in [0.3, 0.4) is 0 Å². The van der Waals surface area contributed by atoms with E-state index in [9.17, 15) is 24.3 Å². The van der Waals surface area contributed by atoms with Gasteiger partial charge in [0.25, 0.3) is 0 Å². The molecular weight excluding hydrogens is 524 g/mol. The Labute approximate surface area is 220 Å². The summed E-state index contributed by atoms with van der Waals surface area (Å²) in [6, 6.07) is 5.11. The smallest absolute Gasteiger partial charge is 0.234 e. The van der Waals surface area contributed by atoms with E-state index in [0.717, 1.165) is 10.0 Å². The van der Waals surface area contributed by atoms with Crippen LogP contribution in [0.1, 0.15) is 65.9 Å². The van der Waals surface area contributed by atoms with Gasteiger partial charge in [0, 0.05) is 27.0 Å². The molecule has 6 atom stereocenters. The minimum absolute atomic E-state index is 0.0465. The molecule has 1 N–H and O–H groups in total. The number of likely N-dealkylation sites (tertiary alicyclic amines) is 2. The molecule has 0 unspecified atom stereocenters. The molecule has 1 aromatic rings. The largest absolute Gasteiger partial charge is 0.508 e. The zero-order chi connectivity index (χ0) is 26.5. The molecule has 5 rings (SSSR count). The summed E-state index contributed by atoms with van der Waals surface area (Å²) in [5.74, 6) is -4.02. The van der Waals surface area contributed by atoms with Crippen LogP contribution in [0.5, 0.6) is 5.75 Å². The third kappa shape index (κ3) is 3.51. The average Bonchev–Trinajstić information content (AvgIpc) is 3.17. The first-order valence-electron chi connectivity index (χ1n) is 12.6. The van der Waals surface area contributed by atoms with E-state index in [-0.39, 0.29) is 35.3 Å². The maximum atomic E-state index is 13.8. The predicted molar refractivity (Wildman–Crippen MR) is 137 cm³/mol. The molecule has 1 saturated carbocycles. The van der Waals surface area contributed by atoms with Gasteiger partial charge in [-0.2, -0.15) is 0 Å². The van der Waals surface area contributed by atoms with Crippen molar-refractivity contribution in [1.82, 2.24) is 9.80 Å². The number of hydrogen-bond acceptors (Lipinski definition) is 5. The number of phenolic OH excluding ortho intramolecular Hbond substituents is 1. The van der Waals surface area contributed by atoms with Crippen LogP contribution >= 0.6 is 15.9 Å². The Balaban J connectivity index is 1.68. The molecule has 8 heteroatoms. The van der Waals surface area contributed by atoms with Gasteiger partial charge >= 0.3 is 0 Å². The SMILES string of the molecule is CC(C)(C)N1C(=O)[C@H]2[C@H](CC=C3[C@H]2C[C@H]2C(=O)N(C(C)(C)C)C(=O)[C@H]2[C@H]3c2cc(Br)ccc2O)C1=O. The van der Waals surface area contributed by atoms with E-state index in [4.69, 9.17) is 0 Å². The Hall–Kier alpha value is -2.48. The number of amides is 4. The minimum Gasteiger partial charge on any atom is -0.508 e. The molecule has 2 heterocycles. The van der Waals surface area contributed by atoms with Crippen molar-refractivity contribution >= 4 is 39.6 Å². The van der Waals surface area contributed by atoms with E-state index < -0.39 is 40.7 Å². The van der Waals surface area contributed by atoms with Gasteiger partial charge in [-0.15, -0.1) is 0 Å². The molecule has 4 aliphatic rings. The van der Waals surface area contributed by atoms with Crippen LogP contribution in [0.25, 0.3) is 0 Å². The number of allylic oxidation sites excluding steroid dienone is 2. The van der Waals surface area contributed by atoms with Crippen molar-refractivity contribution in [2.24, 2.45) is 29.6 Å². The van der Waals surface area contributed by atoms with E-state index in [1.165, 1.54) is 9.80 Å². The summed E-state index contributed by atoms with van der Waals surface area (Å²) in [6.07, 6.45) is 2.75. The molecule has 192 valence electrons. The van der Waals surface area contributed by atoms with Crippen LogP contribution in [0.4, 0.5) is 0 Å². The fourth-order valence-electron chi connectivity index (χ4n) is 7.03. The van der Waals surface area contributed by atoms with Crippen LogP contribution in [0.15, 0.2) is 34.3 Å². The van der Waals surface area contributed by atoms with Crippen LogP contribution in [0, 0.1) is 29.6 Å². The summed E-state index contributed by atoms with van der Waals surface area (Å²) in [6.45, 7) is 11.1. The molecule has 2 saturated heterocycles. The minimum atomic E-state index is -0.695. The molecule has 0 spiro atoms. The summed E-state index contributed by atoms with van der Waals surface area (Å²) < 4.78 is 0.749. The summed E-state index contributed by atoms with van der Waals surface area (Å²) in [5, 5.41) is 10.9. The first-order valence-corrected chi connectivity index (χ1v) is 13.4. The van der Waals surface area contributed by atoms with Gasteiger partial charge in [0.2, 0.25) is 23.6 Å². The number of carbonyl (C=O) groups is 4. The number of hydrogen-bond donors (Lipinski definition) is 1. The second-order valence-corrected chi connectivity index (χ2v) is 13.5. The Morgan fingerprint density at radius 1 is 0.806 bits per heavy atom. The molecule has 1 aromatic carbocycles. The quantitative estimate of drug-likeness (QED) is 0.409. The van der Waals surface area contributed by atoms with Crippen LogP contribution in [-0.4, -0.2) is 49.6 Å². The van der Waals surface area contributed by atoms with Crippen molar-refractivity contribution < 1.29 is 24.3 Å². The highest BCUT2D eigenvalue weighted by Gasteiger charge is 2.63. The fourth-order valence-corrected chi connectivity index (χ4v) is 7.41. The third-order valence-electron chi connectivity index (χ3n) is 8.31. The first-order chi connectivity index (χ1) is 16.6. The number of phenols is 1. The number of imide groups is 2. The lowest BCUT2D eigenvalue weighted by molar-refractivity contribution is -0.147. The fraction of sp³-hybridized carbons (Fsp3) is 0.571. The van der Waals surface area contributed by atoms with Gasteiger partial charge < -0.3 is 5.11 Å². The Morgan fingerprint density at radius 3 is 1.94 bits per heavy atom. The van der Waals surface area contributed by atoms with E-state index in [1.807, 2.05) is 47.6 Å². The van der Waals surface area contributed by atoms with E-state index >= 15 is 0 Å². The van der Waals surface area contributed by atoms with Gasteiger partial charge in [0.1, 0.15) is 5.75 Å². The Kier molecular flexibility index (Phi) is 5.60. The van der Waals surface area contributed by atoms with Crippen molar-refractivity contribution in [3.05, 3.63) is 39.9 Å². The second kappa shape index (κ2) is 8.01. The molecule has 4 amide bonds. The van der Waals surface area contributed by atoms with Crippen molar-refractivity contribution in [3.8, 4) is 5.75 Å². The monoisotopic (exact) mass is 556 g/mol. The molecule has 0 bridgehead atoms. The molecule has 0 aromatic heterocycles. The maximum absolute atomic E-state index is 13.8. The number of halogens is 1. The molecule has 0 radical (unpaired) electrons. The van der Waals surface area contributed by atoms with Crippen LogP contribution in [0.2, 0.25) is 0 Å². The number of benzene rings is 1.